The molecule has 0 unspecified atom stereocenters. The number of ether oxygens (including phenoxy) is 2. The fraction of sp³-hybridized carbons (Fsp3) is 0.364. The third-order valence-electron chi connectivity index (χ3n) is 5.18. The van der Waals surface area contributed by atoms with Crippen molar-refractivity contribution in [2.45, 2.75) is 38.7 Å². The second-order valence-corrected chi connectivity index (χ2v) is 10.4. The predicted octanol–water partition coefficient (Wildman–Crippen LogP) is 4.31. The van der Waals surface area contributed by atoms with Crippen LogP contribution in [0.15, 0.2) is 48.6 Å². The Labute approximate surface area is 215 Å². The van der Waals surface area contributed by atoms with Crippen LogP contribution in [0.1, 0.15) is 36.9 Å². The number of nitrogen functional groups attached to an aromatic ring is 1. The molecule has 1 fully saturated rings. The second-order valence-electron chi connectivity index (χ2n) is 7.52. The van der Waals surface area contributed by atoms with Gasteiger partial charge in [-0.05, 0) is 54.6 Å². The summed E-state index contributed by atoms with van der Waals surface area (Å²) in [5.41, 5.74) is 6.90. The maximum atomic E-state index is 12.9. The van der Waals surface area contributed by atoms with Gasteiger partial charge in [0.25, 0.3) is 0 Å². The molecule has 2 aromatic heterocycles. The lowest BCUT2D eigenvalue weighted by molar-refractivity contribution is -0.0440. The summed E-state index contributed by atoms with van der Waals surface area (Å²) in [5.74, 6) is 1.17. The summed E-state index contributed by atoms with van der Waals surface area (Å²) in [6.07, 6.45) is 1.15. The molecule has 0 radical (unpaired) electrons. The first-order chi connectivity index (χ1) is 16.8. The number of aromatic nitrogens is 4. The van der Waals surface area contributed by atoms with Crippen molar-refractivity contribution in [3.63, 3.8) is 0 Å². The summed E-state index contributed by atoms with van der Waals surface area (Å²) in [7, 11) is -3.43. The van der Waals surface area contributed by atoms with Crippen molar-refractivity contribution in [2.75, 3.05) is 18.9 Å². The van der Waals surface area contributed by atoms with E-state index in [1.165, 1.54) is 16.8 Å². The van der Waals surface area contributed by atoms with E-state index in [1.807, 2.05) is 28.7 Å². The molecule has 11 nitrogen and oxygen atoms in total. The van der Waals surface area contributed by atoms with Gasteiger partial charge >= 0.3 is 13.6 Å². The number of esters is 1. The molecule has 13 heteroatoms. The maximum absolute atomic E-state index is 12.9. The standard InChI is InChI=1S/C22H25IN5O6P/c1-3-31-35(30,32-4-2)11-10-15-12-16(34-22(29)14-8-6-5-7-9-14)21(33-15)28-20-17(18(23)27-28)19(24)25-13-26-20/h5-11,13,15-16,21H,3-4,12H2,1-2H3,(H2,24,25,26)/b11-10+/t15-,16-,21-/m1/s1. The van der Waals surface area contributed by atoms with Crippen LogP contribution in [0.3, 0.4) is 0 Å². The van der Waals surface area contributed by atoms with Crippen molar-refractivity contribution in [1.82, 2.24) is 19.7 Å². The molecule has 2 N–H and O–H groups in total. The highest BCUT2D eigenvalue weighted by Gasteiger charge is 2.41. The molecule has 1 aliphatic heterocycles. The van der Waals surface area contributed by atoms with Gasteiger partial charge in [0, 0.05) is 12.2 Å². The number of hydrogen-bond acceptors (Lipinski definition) is 10. The topological polar surface area (TPSA) is 141 Å². The number of hydrogen-bond donors (Lipinski definition) is 1. The Morgan fingerprint density at radius 3 is 2.66 bits per heavy atom. The summed E-state index contributed by atoms with van der Waals surface area (Å²) in [6, 6.07) is 8.67. The van der Waals surface area contributed by atoms with Gasteiger partial charge in [0.05, 0.1) is 30.3 Å². The smallest absolute Gasteiger partial charge is 0.353 e. The Hall–Kier alpha value is -2.38. The molecule has 0 aliphatic carbocycles. The van der Waals surface area contributed by atoms with Gasteiger partial charge in [-0.15, -0.1) is 0 Å². The van der Waals surface area contributed by atoms with Gasteiger partial charge in [0.15, 0.2) is 18.0 Å². The lowest BCUT2D eigenvalue weighted by Gasteiger charge is -2.19. The average Bonchev–Trinajstić information content (AvgIpc) is 3.39. The molecule has 0 bridgehead atoms. The Balaban J connectivity index is 1.66. The number of carbonyl (C=O) groups is 1. The first-order valence-corrected chi connectivity index (χ1v) is 13.7. The molecular formula is C22H25IN5O6P. The highest BCUT2D eigenvalue weighted by Crippen LogP contribution is 2.50. The zero-order chi connectivity index (χ0) is 25.0. The van der Waals surface area contributed by atoms with Crippen LogP contribution in [0.4, 0.5) is 5.82 Å². The van der Waals surface area contributed by atoms with Crippen molar-refractivity contribution in [1.29, 1.82) is 0 Å². The summed E-state index contributed by atoms with van der Waals surface area (Å²) in [4.78, 5) is 21.2. The number of halogens is 1. The molecule has 3 heterocycles. The number of carbonyl (C=O) groups excluding carboxylic acids is 1. The minimum atomic E-state index is -3.43. The number of benzene rings is 1. The molecule has 3 aromatic rings. The molecule has 1 saturated heterocycles. The van der Waals surface area contributed by atoms with Gasteiger partial charge in [-0.1, -0.05) is 18.2 Å². The Morgan fingerprint density at radius 1 is 1.26 bits per heavy atom. The van der Waals surface area contributed by atoms with E-state index < -0.39 is 32.0 Å². The normalized spacial score (nSPS) is 20.6. The molecule has 35 heavy (non-hydrogen) atoms. The van der Waals surface area contributed by atoms with Crippen LogP contribution in [0.2, 0.25) is 0 Å². The highest BCUT2D eigenvalue weighted by atomic mass is 127. The number of fused-ring (bicyclic) bond motifs is 1. The molecule has 1 aromatic carbocycles. The van der Waals surface area contributed by atoms with Crippen molar-refractivity contribution < 1.29 is 27.9 Å². The second kappa shape index (κ2) is 11.1. The quantitative estimate of drug-likeness (QED) is 0.211. The van der Waals surface area contributed by atoms with Crippen molar-refractivity contribution in [3.05, 3.63) is 57.8 Å². The summed E-state index contributed by atoms with van der Waals surface area (Å²) >= 11 is 2.04. The van der Waals surface area contributed by atoms with E-state index in [-0.39, 0.29) is 25.5 Å². The van der Waals surface area contributed by atoms with Crippen LogP contribution in [0.5, 0.6) is 0 Å². The SMILES string of the molecule is CCOP(=O)(/C=C/[C@@H]1C[C@@H](OC(=O)c2ccccc2)[C@H](n2nc(I)c3c(N)ncnc32)O1)OCC. The predicted molar refractivity (Wildman–Crippen MR) is 137 cm³/mol. The number of nitrogens with two attached hydrogens (primary N) is 1. The monoisotopic (exact) mass is 613 g/mol. The summed E-state index contributed by atoms with van der Waals surface area (Å²) in [5, 5.41) is 5.13. The Bertz CT molecular complexity index is 1260. The molecule has 186 valence electrons. The van der Waals surface area contributed by atoms with Crippen LogP contribution >= 0.6 is 30.2 Å². The maximum Gasteiger partial charge on any atom is 0.353 e. The zero-order valence-electron chi connectivity index (χ0n) is 19.1. The van der Waals surface area contributed by atoms with Crippen LogP contribution in [0, 0.1) is 3.70 Å². The van der Waals surface area contributed by atoms with Crippen LogP contribution in [-0.4, -0.2) is 51.1 Å². The van der Waals surface area contributed by atoms with Crippen molar-refractivity contribution in [2.24, 2.45) is 0 Å². The fourth-order valence-electron chi connectivity index (χ4n) is 3.71. The number of anilines is 1. The van der Waals surface area contributed by atoms with E-state index >= 15 is 0 Å². The summed E-state index contributed by atoms with van der Waals surface area (Å²) in [6.45, 7) is 3.93. The molecule has 1 aliphatic rings. The Morgan fingerprint density at radius 2 is 1.97 bits per heavy atom. The molecule has 0 amide bonds. The lowest BCUT2D eigenvalue weighted by atomic mass is 10.2. The van der Waals surface area contributed by atoms with E-state index in [4.69, 9.17) is 24.3 Å². The van der Waals surface area contributed by atoms with Crippen LogP contribution < -0.4 is 5.73 Å². The molecule has 4 rings (SSSR count). The Kier molecular flexibility index (Phi) is 8.17. The van der Waals surface area contributed by atoms with Gasteiger partial charge in [-0.2, -0.15) is 5.10 Å². The molecular weight excluding hydrogens is 588 g/mol. The van der Waals surface area contributed by atoms with Crippen LogP contribution in [-0.2, 0) is 23.1 Å². The van der Waals surface area contributed by atoms with Gasteiger partial charge in [0.2, 0.25) is 0 Å². The summed E-state index contributed by atoms with van der Waals surface area (Å²) < 4.78 is 37.7. The first-order valence-electron chi connectivity index (χ1n) is 11.0. The largest absolute Gasteiger partial charge is 0.454 e. The first kappa shape index (κ1) is 25.7. The minimum Gasteiger partial charge on any atom is -0.454 e. The van der Waals surface area contributed by atoms with E-state index in [0.717, 1.165) is 0 Å². The van der Waals surface area contributed by atoms with Gasteiger partial charge in [-0.25, -0.2) is 19.4 Å². The van der Waals surface area contributed by atoms with E-state index in [1.54, 1.807) is 44.2 Å². The van der Waals surface area contributed by atoms with E-state index in [0.29, 0.717) is 20.3 Å². The third-order valence-corrected chi connectivity index (χ3v) is 7.71. The molecule has 0 saturated carbocycles. The van der Waals surface area contributed by atoms with Gasteiger partial charge in [0.1, 0.15) is 15.8 Å². The van der Waals surface area contributed by atoms with Gasteiger partial charge in [-0.3, -0.25) is 4.57 Å². The fourth-order valence-corrected chi connectivity index (χ4v) is 5.83. The average molecular weight is 613 g/mol. The molecule has 3 atom stereocenters. The van der Waals surface area contributed by atoms with E-state index in [2.05, 4.69) is 15.1 Å². The minimum absolute atomic E-state index is 0.228. The van der Waals surface area contributed by atoms with Gasteiger partial charge < -0.3 is 24.3 Å². The number of rotatable bonds is 9. The van der Waals surface area contributed by atoms with Crippen molar-refractivity contribution >= 4 is 53.0 Å². The number of nitrogens with zero attached hydrogens (tertiary/aromatic N) is 4. The molecule has 0 spiro atoms. The zero-order valence-corrected chi connectivity index (χ0v) is 22.2. The third kappa shape index (κ3) is 5.72. The van der Waals surface area contributed by atoms with E-state index in [9.17, 15) is 9.36 Å². The van der Waals surface area contributed by atoms with Crippen LogP contribution in [0.25, 0.3) is 11.0 Å². The highest BCUT2D eigenvalue weighted by molar-refractivity contribution is 14.1. The lowest BCUT2D eigenvalue weighted by Crippen LogP contribution is -2.26. The van der Waals surface area contributed by atoms with Crippen molar-refractivity contribution in [3.8, 4) is 0 Å².